The second-order valence-electron chi connectivity index (χ2n) is 21.4. The lowest BCUT2D eigenvalue weighted by Gasteiger charge is -2.28. The van der Waals surface area contributed by atoms with Crippen molar-refractivity contribution in [2.75, 3.05) is 39.9 Å². The summed E-state index contributed by atoms with van der Waals surface area (Å²) in [5, 5.41) is 2.43. The Morgan fingerprint density at radius 1 is 0.360 bits per heavy atom. The standard InChI is InChI=1S/C76H66N4O4S2/c1-53(81)25-26-56-27-32-62(33-28-56)79(66-40-36-64(37-41-66)77(58-17-9-5-10-18-58)59-19-11-6-12-20-59)68-44-46-72-70(51-68)54(2)75(85-72)76-55(3)71-52-69(45-47-73(71)86-76)80(63-34-29-57(30-35-63)31-48-74(82)84-50-49-83-4)67-42-38-65(39-43-67)78(60-21-13-7-14-22-60)61-23-15-8-16-24-61/h5-24,27-30,32-47,51-52H,25-26,31,48-50H2,1-4H3. The highest BCUT2D eigenvalue weighted by atomic mass is 32.1. The minimum absolute atomic E-state index is 0.191. The zero-order chi connectivity index (χ0) is 58.9. The quantitative estimate of drug-likeness (QED) is 0.0491. The van der Waals surface area contributed by atoms with E-state index >= 15 is 0 Å². The smallest absolute Gasteiger partial charge is 0.306 e. The molecule has 8 nitrogen and oxygen atoms in total. The van der Waals surface area contributed by atoms with Gasteiger partial charge in [0.2, 0.25) is 0 Å². The minimum atomic E-state index is -0.233. The molecule has 0 aliphatic rings. The van der Waals surface area contributed by atoms with Gasteiger partial charge in [-0.1, -0.05) is 97.1 Å². The highest BCUT2D eigenvalue weighted by Gasteiger charge is 2.23. The van der Waals surface area contributed by atoms with E-state index in [1.807, 2.05) is 34.8 Å². The molecule has 0 atom stereocenters. The predicted molar refractivity (Wildman–Crippen MR) is 361 cm³/mol. The van der Waals surface area contributed by atoms with E-state index in [1.54, 1.807) is 14.0 Å². The van der Waals surface area contributed by atoms with Gasteiger partial charge in [-0.3, -0.25) is 4.79 Å². The van der Waals surface area contributed by atoms with Crippen molar-refractivity contribution < 1.29 is 19.1 Å². The van der Waals surface area contributed by atoms with Gasteiger partial charge in [0.25, 0.3) is 0 Å². The van der Waals surface area contributed by atoms with Crippen molar-refractivity contribution in [1.29, 1.82) is 0 Å². The summed E-state index contributed by atoms with van der Waals surface area (Å²) in [6.07, 6.45) is 2.10. The topological polar surface area (TPSA) is 65.6 Å². The van der Waals surface area contributed by atoms with Gasteiger partial charge in [0, 0.05) is 107 Å². The fourth-order valence-electron chi connectivity index (χ4n) is 11.2. The Morgan fingerprint density at radius 3 is 0.977 bits per heavy atom. The Bertz CT molecular complexity index is 4170. The lowest BCUT2D eigenvalue weighted by molar-refractivity contribution is -0.144. The number of Topliss-reactive ketones (excluding diaryl/α,β-unsaturated/α-hetero) is 1. The summed E-state index contributed by atoms with van der Waals surface area (Å²) in [6, 6.07) is 90.5. The van der Waals surface area contributed by atoms with Crippen LogP contribution >= 0.6 is 22.7 Å². The van der Waals surface area contributed by atoms with Crippen molar-refractivity contribution in [1.82, 2.24) is 0 Å². The summed E-state index contributed by atoms with van der Waals surface area (Å²) in [5.74, 6) is -0.0421. The number of hydrogen-bond acceptors (Lipinski definition) is 10. The minimum Gasteiger partial charge on any atom is -0.463 e. The van der Waals surface area contributed by atoms with Crippen LogP contribution in [-0.4, -0.2) is 32.1 Å². The van der Waals surface area contributed by atoms with E-state index in [0.29, 0.717) is 32.3 Å². The second kappa shape index (κ2) is 26.1. The van der Waals surface area contributed by atoms with Crippen LogP contribution < -0.4 is 19.6 Å². The number of nitrogens with zero attached hydrogens (tertiary/aromatic N) is 4. The molecule has 0 fully saturated rings. The molecule has 10 aromatic carbocycles. The van der Waals surface area contributed by atoms with Crippen LogP contribution in [0.15, 0.2) is 255 Å². The molecule has 10 heteroatoms. The maximum Gasteiger partial charge on any atom is 0.306 e. The van der Waals surface area contributed by atoms with Crippen molar-refractivity contribution in [3.8, 4) is 9.75 Å². The molecule has 12 rings (SSSR count). The molecule has 0 aliphatic carbocycles. The number of methoxy groups -OCH3 is 1. The fraction of sp³-hybridized carbons (Fsp3) is 0.132. The lowest BCUT2D eigenvalue weighted by atomic mass is 10.0. The molecule has 0 radical (unpaired) electrons. The van der Waals surface area contributed by atoms with E-state index in [9.17, 15) is 9.59 Å². The molecule has 2 aromatic heterocycles. The van der Waals surface area contributed by atoms with Gasteiger partial charge in [-0.2, -0.15) is 0 Å². The molecule has 2 heterocycles. The third-order valence-corrected chi connectivity index (χ3v) is 18.4. The first-order valence-corrected chi connectivity index (χ1v) is 30.8. The van der Waals surface area contributed by atoms with E-state index in [2.05, 4.69) is 276 Å². The van der Waals surface area contributed by atoms with E-state index in [0.717, 1.165) is 79.4 Å². The van der Waals surface area contributed by atoms with Crippen molar-refractivity contribution >= 4 is 123 Å². The maximum atomic E-state index is 12.6. The molecule has 0 amide bonds. The van der Waals surface area contributed by atoms with Crippen LogP contribution in [0.5, 0.6) is 0 Å². The molecule has 0 spiro atoms. The van der Waals surface area contributed by atoms with Gasteiger partial charge in [-0.25, -0.2) is 0 Å². The van der Waals surface area contributed by atoms with E-state index in [4.69, 9.17) is 9.47 Å². The van der Waals surface area contributed by atoms with Gasteiger partial charge in [0.15, 0.2) is 0 Å². The number of ether oxygens (including phenoxy) is 2. The monoisotopic (exact) mass is 1160 g/mol. The average molecular weight is 1160 g/mol. The Morgan fingerprint density at radius 2 is 0.651 bits per heavy atom. The molecule has 86 heavy (non-hydrogen) atoms. The first kappa shape index (κ1) is 56.9. The van der Waals surface area contributed by atoms with Crippen molar-refractivity contribution in [3.63, 3.8) is 0 Å². The number of ketones is 1. The van der Waals surface area contributed by atoms with Crippen molar-refractivity contribution in [2.45, 2.75) is 46.5 Å². The summed E-state index contributed by atoms with van der Waals surface area (Å²) in [7, 11) is 1.60. The normalized spacial score (nSPS) is 11.2. The summed E-state index contributed by atoms with van der Waals surface area (Å²) in [6.45, 7) is 6.83. The number of esters is 1. The van der Waals surface area contributed by atoms with Gasteiger partial charge in [0.05, 0.1) is 6.61 Å². The van der Waals surface area contributed by atoms with Gasteiger partial charge >= 0.3 is 5.97 Å². The fourth-order valence-corrected chi connectivity index (χ4v) is 13.9. The Labute approximate surface area is 512 Å². The van der Waals surface area contributed by atoms with Gasteiger partial charge in [-0.05, 0) is 224 Å². The largest absolute Gasteiger partial charge is 0.463 e. The Balaban J connectivity index is 0.893. The number of fused-ring (bicyclic) bond motifs is 2. The number of rotatable bonds is 22. The van der Waals surface area contributed by atoms with Gasteiger partial charge < -0.3 is 33.9 Å². The van der Waals surface area contributed by atoms with Crippen LogP contribution in [0.1, 0.15) is 42.0 Å². The van der Waals surface area contributed by atoms with Crippen LogP contribution in [0.2, 0.25) is 0 Å². The van der Waals surface area contributed by atoms with Crippen molar-refractivity contribution in [3.05, 3.63) is 277 Å². The predicted octanol–water partition coefficient (Wildman–Crippen LogP) is 20.9. The number of aryl methyl sites for hydroxylation is 4. The third kappa shape index (κ3) is 12.5. The number of para-hydroxylation sites is 4. The van der Waals surface area contributed by atoms with Crippen LogP contribution in [-0.2, 0) is 31.9 Å². The van der Waals surface area contributed by atoms with Crippen LogP contribution in [0.3, 0.4) is 0 Å². The SMILES string of the molecule is COCCOC(=O)CCc1ccc(N(c2ccc(N(c3ccccc3)c3ccccc3)cc2)c2ccc3sc(-c4sc5ccc(N(c6ccc(CCC(C)=O)cc6)c6ccc(N(c7ccccc7)c7ccccc7)cc6)cc5c4C)c(C)c3c2)cc1. The highest BCUT2D eigenvalue weighted by molar-refractivity contribution is 7.28. The number of anilines is 12. The first-order chi connectivity index (χ1) is 42.2. The molecule has 426 valence electrons. The lowest BCUT2D eigenvalue weighted by Crippen LogP contribution is -2.12. The number of carbonyl (C=O) groups is 2. The first-order valence-electron chi connectivity index (χ1n) is 29.2. The average Bonchev–Trinajstić information content (AvgIpc) is 1.95. The molecular formula is C76H66N4O4S2. The molecular weight excluding hydrogens is 1100 g/mol. The maximum absolute atomic E-state index is 12.6. The summed E-state index contributed by atoms with van der Waals surface area (Å²) in [5.41, 5.74) is 17.3. The Hall–Kier alpha value is -9.58. The molecule has 0 N–H and O–H groups in total. The second-order valence-corrected chi connectivity index (χ2v) is 23.5. The van der Waals surface area contributed by atoms with Gasteiger partial charge in [-0.15, -0.1) is 22.7 Å². The molecule has 0 saturated carbocycles. The summed E-state index contributed by atoms with van der Waals surface area (Å²) < 4.78 is 12.9. The molecule has 0 saturated heterocycles. The van der Waals surface area contributed by atoms with Crippen LogP contribution in [0.4, 0.5) is 68.2 Å². The zero-order valence-corrected chi connectivity index (χ0v) is 50.4. The summed E-state index contributed by atoms with van der Waals surface area (Å²) >= 11 is 3.71. The van der Waals surface area contributed by atoms with Crippen LogP contribution in [0.25, 0.3) is 29.9 Å². The number of carbonyl (C=O) groups excluding carboxylic acids is 2. The molecule has 0 unspecified atom stereocenters. The van der Waals surface area contributed by atoms with E-state index in [-0.39, 0.29) is 18.4 Å². The van der Waals surface area contributed by atoms with Crippen LogP contribution in [0, 0.1) is 13.8 Å². The Kier molecular flexibility index (Phi) is 17.3. The molecule has 0 bridgehead atoms. The van der Waals surface area contributed by atoms with Crippen molar-refractivity contribution in [2.24, 2.45) is 0 Å². The third-order valence-electron chi connectivity index (χ3n) is 15.7. The summed E-state index contributed by atoms with van der Waals surface area (Å²) in [4.78, 5) is 36.3. The zero-order valence-electron chi connectivity index (χ0n) is 48.7. The number of thiophene rings is 2. The molecule has 0 aliphatic heterocycles. The molecule has 12 aromatic rings. The number of hydrogen-bond donors (Lipinski definition) is 0. The van der Waals surface area contributed by atoms with E-state index in [1.165, 1.54) is 41.1 Å². The van der Waals surface area contributed by atoms with Gasteiger partial charge in [0.1, 0.15) is 12.4 Å². The van der Waals surface area contributed by atoms with E-state index < -0.39 is 0 Å². The number of benzene rings is 10. The highest BCUT2D eigenvalue weighted by Crippen LogP contribution is 2.49.